The predicted molar refractivity (Wildman–Crippen MR) is 194 cm³/mol. The van der Waals surface area contributed by atoms with Crippen molar-refractivity contribution in [2.75, 3.05) is 13.6 Å². The van der Waals surface area contributed by atoms with Crippen LogP contribution in [0.5, 0.6) is 0 Å². The van der Waals surface area contributed by atoms with Crippen LogP contribution in [-0.4, -0.2) is 41.4 Å². The second kappa shape index (κ2) is 11.0. The molecule has 0 aromatic heterocycles. The summed E-state index contributed by atoms with van der Waals surface area (Å²) in [6.45, 7) is 0.496. The Morgan fingerprint density at radius 2 is 1.37 bits per heavy atom. The number of ketones is 2. The molecule has 244 valence electrons. The van der Waals surface area contributed by atoms with Gasteiger partial charge >= 0.3 is 0 Å². The molecular formula is C41H31Cl3N2O3. The molecule has 1 saturated heterocycles. The molecule has 2 heterocycles. The first-order chi connectivity index (χ1) is 23.7. The lowest BCUT2D eigenvalue weighted by Gasteiger charge is -2.53. The van der Waals surface area contributed by atoms with Gasteiger partial charge in [-0.15, -0.1) is 0 Å². The molecule has 9 rings (SSSR count). The van der Waals surface area contributed by atoms with Crippen LogP contribution in [0.4, 0.5) is 0 Å². The molecule has 1 unspecified atom stereocenters. The van der Waals surface area contributed by atoms with E-state index >= 15 is 9.59 Å². The molecule has 2 aliphatic heterocycles. The first-order valence-corrected chi connectivity index (χ1v) is 17.7. The van der Waals surface area contributed by atoms with Gasteiger partial charge in [0.05, 0.1) is 17.0 Å². The number of rotatable bonds is 3. The summed E-state index contributed by atoms with van der Waals surface area (Å²) in [4.78, 5) is 40.5. The molecule has 5 atom stereocenters. The van der Waals surface area contributed by atoms with Gasteiger partial charge < -0.3 is 4.84 Å². The van der Waals surface area contributed by atoms with Crippen molar-refractivity contribution in [3.63, 3.8) is 0 Å². The number of nitrogens with zero attached hydrogens (tertiary/aromatic N) is 2. The summed E-state index contributed by atoms with van der Waals surface area (Å²) in [7, 11) is 2.00. The highest BCUT2D eigenvalue weighted by atomic mass is 35.5. The Bertz CT molecular complexity index is 2210. The van der Waals surface area contributed by atoms with Crippen LogP contribution in [0.2, 0.25) is 15.1 Å². The first kappa shape index (κ1) is 31.0. The maximum absolute atomic E-state index is 16.4. The highest BCUT2D eigenvalue weighted by Gasteiger charge is 2.78. The van der Waals surface area contributed by atoms with Gasteiger partial charge in [0.25, 0.3) is 0 Å². The van der Waals surface area contributed by atoms with Crippen LogP contribution in [0, 0.1) is 5.41 Å². The predicted octanol–water partition coefficient (Wildman–Crippen LogP) is 9.62. The normalized spacial score (nSPS) is 29.0. The van der Waals surface area contributed by atoms with Gasteiger partial charge in [-0.05, 0) is 90.2 Å². The molecule has 0 N–H and O–H groups in total. The summed E-state index contributed by atoms with van der Waals surface area (Å²) in [5.41, 5.74) is 0.994. The van der Waals surface area contributed by atoms with E-state index in [2.05, 4.69) is 11.0 Å². The van der Waals surface area contributed by atoms with Crippen molar-refractivity contribution in [1.82, 2.24) is 4.90 Å². The number of fused-ring (bicyclic) bond motifs is 2. The van der Waals surface area contributed by atoms with E-state index in [1.165, 1.54) is 0 Å². The fourth-order valence-electron chi connectivity index (χ4n) is 9.87. The zero-order chi connectivity index (χ0) is 33.7. The number of likely N-dealkylation sites (tertiary alicyclic amines) is 1. The molecular weight excluding hydrogens is 675 g/mol. The van der Waals surface area contributed by atoms with E-state index in [0.717, 1.165) is 33.0 Å². The summed E-state index contributed by atoms with van der Waals surface area (Å²) in [6, 6.07) is 34.8. The Morgan fingerprint density at radius 1 is 0.755 bits per heavy atom. The minimum absolute atomic E-state index is 0.0384. The van der Waals surface area contributed by atoms with Crippen molar-refractivity contribution in [2.24, 2.45) is 10.6 Å². The average molecular weight is 706 g/mol. The maximum Gasteiger partial charge on any atom is 0.208 e. The van der Waals surface area contributed by atoms with Gasteiger partial charge in [-0.1, -0.05) is 113 Å². The van der Waals surface area contributed by atoms with Gasteiger partial charge in [-0.25, -0.2) is 0 Å². The summed E-state index contributed by atoms with van der Waals surface area (Å²) < 4.78 is 0. The SMILES string of the molecule is CN1C[C@H](c2ccc(Cl)cc2)[C@]2(CCCC3(ON=C(c4ccc(Cl)cc4)[C@@H]3c3ccc(Cl)cc3)C2=O)[C@]12C(=O)c1cccc3cccc2c13. The topological polar surface area (TPSA) is 59.0 Å². The lowest BCUT2D eigenvalue weighted by atomic mass is 9.49. The molecule has 4 aliphatic rings. The Hall–Kier alpha value is -4.00. The monoisotopic (exact) mass is 704 g/mol. The number of benzene rings is 5. The number of Topliss-reactive ketones (excluding diaryl/α,β-unsaturated/α-hetero) is 2. The Labute approximate surface area is 299 Å². The zero-order valence-corrected chi connectivity index (χ0v) is 28.9. The van der Waals surface area contributed by atoms with E-state index in [4.69, 9.17) is 44.8 Å². The third-order valence-electron chi connectivity index (χ3n) is 11.7. The highest BCUT2D eigenvalue weighted by Crippen LogP contribution is 2.69. The van der Waals surface area contributed by atoms with E-state index in [1.807, 2.05) is 110 Å². The van der Waals surface area contributed by atoms with Gasteiger partial charge in [0, 0.05) is 38.7 Å². The molecule has 0 radical (unpaired) electrons. The number of likely N-dealkylation sites (N-methyl/N-ethyl adjacent to an activating group) is 1. The summed E-state index contributed by atoms with van der Waals surface area (Å²) in [5, 5.41) is 8.46. The fourth-order valence-corrected chi connectivity index (χ4v) is 10.2. The van der Waals surface area contributed by atoms with Gasteiger partial charge in [0.1, 0.15) is 5.54 Å². The molecule has 3 spiro atoms. The number of carbonyl (C=O) groups is 2. The van der Waals surface area contributed by atoms with Crippen LogP contribution in [0.25, 0.3) is 10.8 Å². The Morgan fingerprint density at radius 3 is 2.04 bits per heavy atom. The molecule has 1 saturated carbocycles. The standard InChI is InChI=1S/C41H31Cl3N2O3/c1-46-23-33(24-9-15-28(42)16-10-24)39(41(46)32-8-3-6-25-5-2-7-31(34(25)32)37(41)47)21-4-22-40(38(39)48)35(26-11-17-29(43)18-12-26)36(45-49-40)27-13-19-30(44)20-14-27/h2-3,5-20,33,35H,4,21-23H2,1H3/t33-,35+,39+,40?,41+/m1/s1. The summed E-state index contributed by atoms with van der Waals surface area (Å²) in [6.07, 6.45) is 1.60. The van der Waals surface area contributed by atoms with Gasteiger partial charge in [-0.3, -0.25) is 14.5 Å². The number of hydrogen-bond acceptors (Lipinski definition) is 5. The van der Waals surface area contributed by atoms with Crippen molar-refractivity contribution < 1.29 is 14.4 Å². The van der Waals surface area contributed by atoms with Crippen LogP contribution in [0.1, 0.15) is 63.7 Å². The Balaban J connectivity index is 1.31. The van der Waals surface area contributed by atoms with Crippen molar-refractivity contribution >= 4 is 62.9 Å². The summed E-state index contributed by atoms with van der Waals surface area (Å²) in [5.74, 6) is -1.02. The molecule has 2 aliphatic carbocycles. The molecule has 0 amide bonds. The second-order valence-corrected chi connectivity index (χ2v) is 15.1. The first-order valence-electron chi connectivity index (χ1n) is 16.6. The van der Waals surface area contributed by atoms with E-state index in [-0.39, 0.29) is 17.5 Å². The zero-order valence-electron chi connectivity index (χ0n) is 26.6. The van der Waals surface area contributed by atoms with Crippen LogP contribution in [0.15, 0.2) is 114 Å². The van der Waals surface area contributed by atoms with Crippen LogP contribution >= 0.6 is 34.8 Å². The van der Waals surface area contributed by atoms with Crippen LogP contribution < -0.4 is 0 Å². The molecule has 5 aromatic rings. The minimum atomic E-state index is -1.38. The molecule has 8 heteroatoms. The summed E-state index contributed by atoms with van der Waals surface area (Å²) >= 11 is 19.1. The molecule has 0 bridgehead atoms. The van der Waals surface area contributed by atoms with E-state index in [9.17, 15) is 0 Å². The third kappa shape index (κ3) is 4.02. The second-order valence-electron chi connectivity index (χ2n) is 13.8. The van der Waals surface area contributed by atoms with Crippen molar-refractivity contribution in [3.8, 4) is 0 Å². The van der Waals surface area contributed by atoms with Gasteiger partial charge in [-0.2, -0.15) is 0 Å². The maximum atomic E-state index is 16.4. The fraction of sp³-hybridized carbons (Fsp3) is 0.244. The lowest BCUT2D eigenvalue weighted by Crippen LogP contribution is -2.66. The van der Waals surface area contributed by atoms with Crippen LogP contribution in [-0.2, 0) is 15.2 Å². The lowest BCUT2D eigenvalue weighted by molar-refractivity contribution is -0.167. The number of hydrogen-bond donors (Lipinski definition) is 0. The van der Waals surface area contributed by atoms with Crippen molar-refractivity contribution in [3.05, 3.63) is 152 Å². The highest BCUT2D eigenvalue weighted by molar-refractivity contribution is 6.31. The van der Waals surface area contributed by atoms with Crippen LogP contribution in [0.3, 0.4) is 0 Å². The minimum Gasteiger partial charge on any atom is -0.380 e. The van der Waals surface area contributed by atoms with E-state index in [1.54, 1.807) is 0 Å². The number of halogens is 3. The average Bonchev–Trinajstić information content (AvgIpc) is 3.70. The Kier molecular flexibility index (Phi) is 6.96. The largest absolute Gasteiger partial charge is 0.380 e. The smallest absolute Gasteiger partial charge is 0.208 e. The molecule has 5 aromatic carbocycles. The van der Waals surface area contributed by atoms with Crippen molar-refractivity contribution in [1.29, 1.82) is 0 Å². The molecule has 2 fully saturated rings. The van der Waals surface area contributed by atoms with E-state index in [0.29, 0.717) is 52.2 Å². The van der Waals surface area contributed by atoms with E-state index < -0.39 is 22.5 Å². The quantitative estimate of drug-likeness (QED) is 0.188. The number of carbonyl (C=O) groups excluding carboxylic acids is 2. The van der Waals surface area contributed by atoms with Gasteiger partial charge in [0.15, 0.2) is 11.6 Å². The van der Waals surface area contributed by atoms with Gasteiger partial charge in [0.2, 0.25) is 5.60 Å². The van der Waals surface area contributed by atoms with Crippen molar-refractivity contribution in [2.45, 2.75) is 42.2 Å². The molecule has 49 heavy (non-hydrogen) atoms. The number of oxime groups is 1. The third-order valence-corrected chi connectivity index (χ3v) is 12.5. The molecule has 5 nitrogen and oxygen atoms in total.